The van der Waals surface area contributed by atoms with Gasteiger partial charge in [-0.1, -0.05) is 60.7 Å². The van der Waals surface area contributed by atoms with Gasteiger partial charge in [-0.25, -0.2) is 4.79 Å². The monoisotopic (exact) mass is 413 g/mol. The zero-order valence-corrected chi connectivity index (χ0v) is 17.4. The van der Waals surface area contributed by atoms with E-state index in [1.807, 2.05) is 62.4 Å². The molecule has 31 heavy (non-hydrogen) atoms. The molecule has 0 bridgehead atoms. The third-order valence-corrected chi connectivity index (χ3v) is 5.49. The van der Waals surface area contributed by atoms with Gasteiger partial charge < -0.3 is 10.3 Å². The summed E-state index contributed by atoms with van der Waals surface area (Å²) in [5.41, 5.74) is 3.48. The van der Waals surface area contributed by atoms with Crippen molar-refractivity contribution in [3.63, 3.8) is 0 Å². The van der Waals surface area contributed by atoms with Gasteiger partial charge in [0.2, 0.25) is 5.91 Å². The molecule has 0 saturated heterocycles. The van der Waals surface area contributed by atoms with Gasteiger partial charge in [0.05, 0.1) is 16.9 Å². The number of aromatic amines is 1. The number of carbonyl (C=O) groups excluding carboxylic acids is 1. The van der Waals surface area contributed by atoms with E-state index in [9.17, 15) is 14.4 Å². The van der Waals surface area contributed by atoms with Gasteiger partial charge in [0.15, 0.2) is 0 Å². The topological polar surface area (TPSA) is 84.0 Å². The van der Waals surface area contributed by atoms with Crippen molar-refractivity contribution >= 4 is 16.8 Å². The lowest BCUT2D eigenvalue weighted by Gasteiger charge is -2.21. The lowest BCUT2D eigenvalue weighted by molar-refractivity contribution is -0.122. The van der Waals surface area contributed by atoms with E-state index < -0.39 is 23.2 Å². The van der Waals surface area contributed by atoms with E-state index in [1.165, 1.54) is 0 Å². The highest BCUT2D eigenvalue weighted by atomic mass is 16.2. The van der Waals surface area contributed by atoms with Gasteiger partial charge in [0.25, 0.3) is 5.56 Å². The molecule has 0 radical (unpaired) electrons. The van der Waals surface area contributed by atoms with Crippen LogP contribution < -0.4 is 16.6 Å². The molecule has 1 amide bonds. The molecule has 6 nitrogen and oxygen atoms in total. The SMILES string of the molecule is Cc1ccc(C(NC(=O)Cn2c(=O)[nH]c3ccccc3c2=O)c2ccccc2)cc1C. The van der Waals surface area contributed by atoms with E-state index in [4.69, 9.17) is 0 Å². The van der Waals surface area contributed by atoms with Crippen molar-refractivity contribution in [3.05, 3.63) is 116 Å². The summed E-state index contributed by atoms with van der Waals surface area (Å²) in [4.78, 5) is 40.8. The number of fused-ring (bicyclic) bond motifs is 1. The Kier molecular flexibility index (Phi) is 5.54. The number of benzene rings is 3. The lowest BCUT2D eigenvalue weighted by Crippen LogP contribution is -2.41. The predicted molar refractivity (Wildman–Crippen MR) is 121 cm³/mol. The molecule has 4 aromatic rings. The summed E-state index contributed by atoms with van der Waals surface area (Å²) >= 11 is 0. The van der Waals surface area contributed by atoms with Crippen LogP contribution in [0.5, 0.6) is 0 Å². The number of nitrogens with one attached hydrogen (secondary N) is 2. The van der Waals surface area contributed by atoms with Crippen molar-refractivity contribution in [1.82, 2.24) is 14.9 Å². The second-order valence-corrected chi connectivity index (χ2v) is 7.62. The van der Waals surface area contributed by atoms with E-state index >= 15 is 0 Å². The van der Waals surface area contributed by atoms with Gasteiger partial charge in [-0.05, 0) is 48.2 Å². The van der Waals surface area contributed by atoms with Crippen molar-refractivity contribution in [2.24, 2.45) is 0 Å². The number of rotatable bonds is 5. The molecular weight excluding hydrogens is 390 g/mol. The highest BCUT2D eigenvalue weighted by Gasteiger charge is 2.19. The highest BCUT2D eigenvalue weighted by molar-refractivity contribution is 5.79. The van der Waals surface area contributed by atoms with Crippen LogP contribution in [0.15, 0.2) is 82.4 Å². The molecule has 0 fully saturated rings. The van der Waals surface area contributed by atoms with Gasteiger partial charge in [-0.3, -0.25) is 14.2 Å². The van der Waals surface area contributed by atoms with Gasteiger partial charge in [-0.15, -0.1) is 0 Å². The number of para-hydroxylation sites is 1. The second kappa shape index (κ2) is 8.44. The fourth-order valence-electron chi connectivity index (χ4n) is 3.64. The summed E-state index contributed by atoms with van der Waals surface area (Å²) in [5.74, 6) is -0.421. The quantitative estimate of drug-likeness (QED) is 0.527. The van der Waals surface area contributed by atoms with Crippen LogP contribution in [-0.4, -0.2) is 15.5 Å². The molecule has 0 aliphatic carbocycles. The van der Waals surface area contributed by atoms with E-state index in [0.717, 1.165) is 26.8 Å². The number of amides is 1. The second-order valence-electron chi connectivity index (χ2n) is 7.62. The van der Waals surface area contributed by atoms with Crippen LogP contribution in [0.3, 0.4) is 0 Å². The van der Waals surface area contributed by atoms with Gasteiger partial charge in [0.1, 0.15) is 6.54 Å². The minimum Gasteiger partial charge on any atom is -0.344 e. The van der Waals surface area contributed by atoms with Crippen LogP contribution in [0.25, 0.3) is 10.9 Å². The molecule has 1 atom stereocenters. The maximum atomic E-state index is 12.9. The third-order valence-electron chi connectivity index (χ3n) is 5.49. The number of hydrogen-bond donors (Lipinski definition) is 2. The van der Waals surface area contributed by atoms with Crippen LogP contribution in [0.1, 0.15) is 28.3 Å². The minimum absolute atomic E-state index is 0.365. The molecule has 0 aliphatic rings. The molecule has 6 heteroatoms. The molecule has 1 heterocycles. The molecule has 3 aromatic carbocycles. The van der Waals surface area contributed by atoms with E-state index in [2.05, 4.69) is 10.3 Å². The Morgan fingerprint density at radius 3 is 2.35 bits per heavy atom. The number of aryl methyl sites for hydroxylation is 2. The van der Waals surface area contributed by atoms with Gasteiger partial charge >= 0.3 is 5.69 Å². The first kappa shape index (κ1) is 20.3. The van der Waals surface area contributed by atoms with Crippen molar-refractivity contribution in [2.75, 3.05) is 0 Å². The predicted octanol–water partition coefficient (Wildman–Crippen LogP) is 3.21. The summed E-state index contributed by atoms with van der Waals surface area (Å²) in [6.07, 6.45) is 0. The minimum atomic E-state index is -0.610. The molecule has 0 spiro atoms. The molecule has 0 aliphatic heterocycles. The van der Waals surface area contributed by atoms with Crippen LogP contribution in [0.2, 0.25) is 0 Å². The molecule has 4 rings (SSSR count). The van der Waals surface area contributed by atoms with Gasteiger partial charge in [-0.2, -0.15) is 0 Å². The Balaban J connectivity index is 1.67. The van der Waals surface area contributed by atoms with Crippen LogP contribution in [-0.2, 0) is 11.3 Å². The average Bonchev–Trinajstić information content (AvgIpc) is 2.77. The first-order valence-corrected chi connectivity index (χ1v) is 10.1. The summed E-state index contributed by atoms with van der Waals surface area (Å²) in [7, 11) is 0. The number of H-pyrrole nitrogens is 1. The third kappa shape index (κ3) is 4.19. The Morgan fingerprint density at radius 1 is 0.903 bits per heavy atom. The van der Waals surface area contributed by atoms with Crippen LogP contribution >= 0.6 is 0 Å². The Labute approximate surface area is 179 Å². The smallest absolute Gasteiger partial charge is 0.329 e. The van der Waals surface area contributed by atoms with Crippen LogP contribution in [0.4, 0.5) is 0 Å². The van der Waals surface area contributed by atoms with Crippen LogP contribution in [0, 0.1) is 13.8 Å². The first-order chi connectivity index (χ1) is 14.9. The number of hydrogen-bond acceptors (Lipinski definition) is 3. The summed E-state index contributed by atoms with van der Waals surface area (Å²) in [6, 6.07) is 22.0. The van der Waals surface area contributed by atoms with E-state index in [0.29, 0.717) is 10.9 Å². The van der Waals surface area contributed by atoms with Crippen molar-refractivity contribution in [3.8, 4) is 0 Å². The summed E-state index contributed by atoms with van der Waals surface area (Å²) in [5, 5.41) is 3.36. The Bertz CT molecular complexity index is 1370. The number of carbonyl (C=O) groups is 1. The molecule has 2 N–H and O–H groups in total. The zero-order valence-electron chi connectivity index (χ0n) is 17.4. The molecule has 0 saturated carbocycles. The molecule has 156 valence electrons. The normalized spacial score (nSPS) is 11.9. The zero-order chi connectivity index (χ0) is 22.0. The molecule has 1 unspecified atom stereocenters. The Morgan fingerprint density at radius 2 is 1.61 bits per heavy atom. The van der Waals surface area contributed by atoms with Gasteiger partial charge in [0, 0.05) is 0 Å². The summed E-state index contributed by atoms with van der Waals surface area (Å²) < 4.78 is 0.931. The highest BCUT2D eigenvalue weighted by Crippen LogP contribution is 2.24. The fraction of sp³-hybridized carbons (Fsp3) is 0.160. The number of nitrogens with zero attached hydrogens (tertiary/aromatic N) is 1. The lowest BCUT2D eigenvalue weighted by atomic mass is 9.95. The largest absolute Gasteiger partial charge is 0.344 e. The first-order valence-electron chi connectivity index (χ1n) is 10.1. The Hall–Kier alpha value is -3.93. The fourth-order valence-corrected chi connectivity index (χ4v) is 3.64. The maximum Gasteiger partial charge on any atom is 0.329 e. The average molecular weight is 413 g/mol. The van der Waals surface area contributed by atoms with Crippen molar-refractivity contribution < 1.29 is 4.79 Å². The van der Waals surface area contributed by atoms with Crippen molar-refractivity contribution in [2.45, 2.75) is 26.4 Å². The molecular formula is C25H23N3O3. The number of aromatic nitrogens is 2. The maximum absolute atomic E-state index is 12.9. The standard InChI is InChI=1S/C25H23N3O3/c1-16-12-13-19(14-17(16)2)23(18-8-4-3-5-9-18)27-22(29)15-28-24(30)20-10-6-7-11-21(20)26-25(28)31/h3-14,23H,15H2,1-2H3,(H,26,31)(H,27,29). The van der Waals surface area contributed by atoms with Crippen molar-refractivity contribution in [1.29, 1.82) is 0 Å². The molecule has 1 aromatic heterocycles. The van der Waals surface area contributed by atoms with E-state index in [-0.39, 0.29) is 6.54 Å². The van der Waals surface area contributed by atoms with E-state index in [1.54, 1.807) is 24.3 Å². The summed E-state index contributed by atoms with van der Waals surface area (Å²) in [6.45, 7) is 3.69.